The van der Waals surface area contributed by atoms with E-state index in [-0.39, 0.29) is 68.9 Å². The molecule has 0 radical (unpaired) electrons. The van der Waals surface area contributed by atoms with Crippen LogP contribution in [0.15, 0.2) is 157 Å². The molecule has 0 saturated heterocycles. The van der Waals surface area contributed by atoms with Gasteiger partial charge >= 0.3 is 0 Å². The summed E-state index contributed by atoms with van der Waals surface area (Å²) in [5.74, 6) is 0.0927. The smallest absolute Gasteiger partial charge is 0.239 e. The number of carbonyl (C=O) groups excluding carboxylic acids is 1. The Labute approximate surface area is 419 Å². The zero-order chi connectivity index (χ0) is 49.0. The zero-order valence-electron chi connectivity index (χ0n) is 40.9. The highest BCUT2D eigenvalue weighted by Crippen LogP contribution is 2.62. The Bertz CT molecular complexity index is 2580. The summed E-state index contributed by atoms with van der Waals surface area (Å²) in [5, 5.41) is 25.2. The van der Waals surface area contributed by atoms with Crippen molar-refractivity contribution in [3.63, 3.8) is 0 Å². The molecule has 2 fully saturated rings. The Morgan fingerprint density at radius 1 is 0.803 bits per heavy atom. The van der Waals surface area contributed by atoms with Crippen molar-refractivity contribution in [2.45, 2.75) is 114 Å². The number of aliphatic hydroxyl groups excluding tert-OH is 2. The predicted octanol–water partition coefficient (Wildman–Crippen LogP) is 13.1. The van der Waals surface area contributed by atoms with Gasteiger partial charge in [0.15, 0.2) is 0 Å². The van der Waals surface area contributed by atoms with Crippen molar-refractivity contribution in [1.29, 1.82) is 0 Å². The Morgan fingerprint density at radius 3 is 2.21 bits per heavy atom. The third kappa shape index (κ3) is 11.7. The van der Waals surface area contributed by atoms with Crippen LogP contribution < -0.4 is 9.47 Å². The molecular formula is C61H69FN2O7. The summed E-state index contributed by atoms with van der Waals surface area (Å²) < 4.78 is 36.0. The van der Waals surface area contributed by atoms with Crippen LogP contribution in [0.4, 0.5) is 4.39 Å². The highest BCUT2D eigenvalue weighted by molar-refractivity contribution is 6.03. The van der Waals surface area contributed by atoms with Crippen molar-refractivity contribution in [2.24, 2.45) is 28.8 Å². The lowest BCUT2D eigenvalue weighted by Crippen LogP contribution is -2.70. The molecule has 1 heterocycles. The van der Waals surface area contributed by atoms with Crippen LogP contribution in [0, 0.1) is 29.5 Å². The molecule has 9 nitrogen and oxygen atoms in total. The minimum absolute atomic E-state index is 0.0186. The van der Waals surface area contributed by atoms with Gasteiger partial charge in [-0.1, -0.05) is 141 Å². The van der Waals surface area contributed by atoms with Gasteiger partial charge in [0.25, 0.3) is 0 Å². The molecule has 0 bridgehead atoms. The standard InChI is InChI=1S/C61H69FN2O7/c1-2-37-68-61-57(64(41-44-23-28-49(62)29-24-44)58(67)34-25-43-15-9-10-16-43)40-55(63-69-42-45-17-5-3-6-18-45)53-38-48(21-11-13-35-65)52(22-12-14-36-66)59(60(53)61)54-39-51(32-33-56(54)71-61)70-50-30-26-47(27-31-50)46-19-7-4-8-20-46/h2-8,17-20,23-24,26-33,38-39,43,48,52,57,59-60,65-66H,1,9-16,21-22,25,34-37,40-42H2. The number of rotatable bonds is 23. The maximum Gasteiger partial charge on any atom is 0.239 e. The molecule has 6 unspecified atom stereocenters. The molecule has 6 atom stereocenters. The average molecular weight is 961 g/mol. The van der Waals surface area contributed by atoms with E-state index in [4.69, 9.17) is 24.2 Å². The number of carbonyl (C=O) groups is 1. The Balaban J connectivity index is 1.20. The number of oxime groups is 1. The fraction of sp³-hybridized carbons (Fsp3) is 0.410. The van der Waals surface area contributed by atoms with E-state index in [1.165, 1.54) is 25.0 Å². The molecular weight excluding hydrogens is 892 g/mol. The number of ether oxygens (including phenoxy) is 3. The van der Waals surface area contributed by atoms with E-state index >= 15 is 4.79 Å². The van der Waals surface area contributed by atoms with Gasteiger partial charge in [0.2, 0.25) is 11.7 Å². The first-order valence-corrected chi connectivity index (χ1v) is 26.0. The van der Waals surface area contributed by atoms with Gasteiger partial charge in [-0.05, 0) is 120 Å². The molecule has 372 valence electrons. The van der Waals surface area contributed by atoms with Crippen LogP contribution in [-0.4, -0.2) is 58.4 Å². The molecule has 10 heteroatoms. The van der Waals surface area contributed by atoms with Crippen molar-refractivity contribution >= 4 is 11.6 Å². The van der Waals surface area contributed by atoms with Gasteiger partial charge in [-0.25, -0.2) is 4.39 Å². The number of amides is 1. The lowest BCUT2D eigenvalue weighted by Gasteiger charge is -2.60. The molecule has 1 aliphatic heterocycles. The topological polar surface area (TPSA) is 110 Å². The fourth-order valence-electron chi connectivity index (χ4n) is 11.9. The summed E-state index contributed by atoms with van der Waals surface area (Å²) in [7, 11) is 0. The highest BCUT2D eigenvalue weighted by Gasteiger charge is 2.65. The normalized spacial score (nSPS) is 23.0. The van der Waals surface area contributed by atoms with E-state index in [1.807, 2.05) is 77.7 Å². The van der Waals surface area contributed by atoms with E-state index in [1.54, 1.807) is 18.2 Å². The van der Waals surface area contributed by atoms with E-state index in [2.05, 4.69) is 43.0 Å². The number of aliphatic hydroxyl groups is 2. The lowest BCUT2D eigenvalue weighted by atomic mass is 9.55. The predicted molar refractivity (Wildman–Crippen MR) is 276 cm³/mol. The van der Waals surface area contributed by atoms with E-state index in [9.17, 15) is 14.6 Å². The molecule has 3 aliphatic carbocycles. The second-order valence-corrected chi connectivity index (χ2v) is 19.9. The first kappa shape index (κ1) is 49.9. The molecule has 71 heavy (non-hydrogen) atoms. The molecule has 2 N–H and O–H groups in total. The summed E-state index contributed by atoms with van der Waals surface area (Å²) in [6, 6.07) is 40.1. The second-order valence-electron chi connectivity index (χ2n) is 19.9. The minimum atomic E-state index is -1.43. The Kier molecular flexibility index (Phi) is 16.8. The van der Waals surface area contributed by atoms with Gasteiger partial charge < -0.3 is 34.2 Å². The van der Waals surface area contributed by atoms with Crippen LogP contribution in [0.5, 0.6) is 17.2 Å². The van der Waals surface area contributed by atoms with Crippen molar-refractivity contribution in [2.75, 3.05) is 19.8 Å². The van der Waals surface area contributed by atoms with Crippen LogP contribution in [0.3, 0.4) is 0 Å². The number of benzene rings is 5. The monoisotopic (exact) mass is 961 g/mol. The summed E-state index contributed by atoms with van der Waals surface area (Å²) in [5.41, 5.74) is 6.65. The number of halogens is 1. The molecule has 9 rings (SSSR count). The van der Waals surface area contributed by atoms with Gasteiger partial charge in [-0.3, -0.25) is 4.79 Å². The van der Waals surface area contributed by atoms with Gasteiger partial charge in [-0.15, -0.1) is 6.58 Å². The van der Waals surface area contributed by atoms with Gasteiger partial charge in [0, 0.05) is 44.1 Å². The van der Waals surface area contributed by atoms with E-state index in [0.29, 0.717) is 42.4 Å². The Morgan fingerprint density at radius 2 is 1.49 bits per heavy atom. The number of hydrogen-bond donors (Lipinski definition) is 2. The second kappa shape index (κ2) is 23.9. The summed E-state index contributed by atoms with van der Waals surface area (Å²) in [6.45, 7) is 4.91. The maximum absolute atomic E-state index is 15.3. The minimum Gasteiger partial charge on any atom is -0.459 e. The third-order valence-electron chi connectivity index (χ3n) is 15.3. The molecule has 5 aromatic carbocycles. The van der Waals surface area contributed by atoms with Crippen LogP contribution >= 0.6 is 0 Å². The van der Waals surface area contributed by atoms with E-state index in [0.717, 1.165) is 84.0 Å². The summed E-state index contributed by atoms with van der Waals surface area (Å²) in [6.07, 6.45) is 14.7. The quantitative estimate of drug-likeness (QED) is 0.0381. The van der Waals surface area contributed by atoms with Crippen LogP contribution in [0.1, 0.15) is 106 Å². The number of unbranched alkanes of at least 4 members (excludes halogenated alkanes) is 2. The first-order chi connectivity index (χ1) is 34.9. The molecule has 0 aromatic heterocycles. The molecule has 0 spiro atoms. The lowest BCUT2D eigenvalue weighted by molar-refractivity contribution is -0.258. The molecule has 4 aliphatic rings. The van der Waals surface area contributed by atoms with Crippen LogP contribution in [-0.2, 0) is 27.5 Å². The largest absolute Gasteiger partial charge is 0.459 e. The average Bonchev–Trinajstić information content (AvgIpc) is 3.93. The van der Waals surface area contributed by atoms with Gasteiger partial charge in [0.05, 0.1) is 18.2 Å². The number of hydrogen-bond acceptors (Lipinski definition) is 8. The first-order valence-electron chi connectivity index (χ1n) is 26.0. The Hall–Kier alpha value is -6.07. The van der Waals surface area contributed by atoms with Crippen molar-refractivity contribution in [1.82, 2.24) is 4.90 Å². The van der Waals surface area contributed by atoms with Gasteiger partial charge in [0.1, 0.15) is 35.7 Å². The molecule has 2 saturated carbocycles. The maximum atomic E-state index is 15.3. The summed E-state index contributed by atoms with van der Waals surface area (Å²) >= 11 is 0. The van der Waals surface area contributed by atoms with Crippen molar-refractivity contribution in [3.05, 3.63) is 174 Å². The number of allylic oxidation sites excluding steroid dienone is 1. The molecule has 5 aromatic rings. The summed E-state index contributed by atoms with van der Waals surface area (Å²) in [4.78, 5) is 23.6. The SMILES string of the molecule is C=CCOC12Oc3ccc(Oc4ccc(-c5ccccc5)cc4)cc3C3C(CCCCO)C(CCCCO)C=C(C(=NOCc4ccccc4)CC1N(Cc1ccc(F)cc1)C(=O)CCC1CCCC1)C32. The zero-order valence-corrected chi connectivity index (χ0v) is 40.9. The van der Waals surface area contributed by atoms with Gasteiger partial charge in [-0.2, -0.15) is 0 Å². The van der Waals surface area contributed by atoms with Crippen molar-refractivity contribution in [3.8, 4) is 28.4 Å². The molecule has 1 amide bonds. The third-order valence-corrected chi connectivity index (χ3v) is 15.3. The van der Waals surface area contributed by atoms with Crippen LogP contribution in [0.2, 0.25) is 0 Å². The number of nitrogens with zero attached hydrogens (tertiary/aromatic N) is 2. The van der Waals surface area contributed by atoms with E-state index < -0.39 is 17.7 Å². The number of fused-ring (bicyclic) bond motifs is 2. The fourth-order valence-corrected chi connectivity index (χ4v) is 11.9. The van der Waals surface area contributed by atoms with Crippen molar-refractivity contribution < 1.29 is 38.4 Å². The van der Waals surface area contributed by atoms with Crippen LogP contribution in [0.25, 0.3) is 11.1 Å². The highest BCUT2D eigenvalue weighted by atomic mass is 19.1.